The summed E-state index contributed by atoms with van der Waals surface area (Å²) in [4.78, 5) is 38.1. The van der Waals surface area contributed by atoms with Crippen molar-refractivity contribution in [3.05, 3.63) is 0 Å². The Labute approximate surface area is 399 Å². The molecular weight excluding hydrogens is 793 g/mol. The summed E-state index contributed by atoms with van der Waals surface area (Å²) in [7, 11) is 0. The lowest BCUT2D eigenvalue weighted by molar-refractivity contribution is -0.167. The fraction of sp³-hybridized carbons (Fsp3) is 0.948. The number of carbonyl (C=O) groups is 3. The predicted octanol–water partition coefficient (Wildman–Crippen LogP) is 19.0. The SMILES string of the molecule is CCCCCCCCCCCCCCCCCCCCC(=O)OC[C@@H](COC(=O)CCCCCCCCCCCCCCCCC(C)CC)OC(=O)CCCCCCCCCCCC. The van der Waals surface area contributed by atoms with E-state index in [0.29, 0.717) is 19.3 Å². The third-order valence-electron chi connectivity index (χ3n) is 13.7. The smallest absolute Gasteiger partial charge is 0.306 e. The number of hydrogen-bond acceptors (Lipinski definition) is 6. The van der Waals surface area contributed by atoms with Gasteiger partial charge in [-0.3, -0.25) is 14.4 Å². The molecule has 0 amide bonds. The van der Waals surface area contributed by atoms with Crippen LogP contribution in [0.5, 0.6) is 0 Å². The Morgan fingerprint density at radius 1 is 0.312 bits per heavy atom. The summed E-state index contributed by atoms with van der Waals surface area (Å²) in [6, 6.07) is 0. The molecule has 0 spiro atoms. The van der Waals surface area contributed by atoms with Crippen LogP contribution < -0.4 is 0 Å². The summed E-state index contributed by atoms with van der Waals surface area (Å²) in [6.45, 7) is 9.09. The summed E-state index contributed by atoms with van der Waals surface area (Å²) < 4.78 is 16.9. The Morgan fingerprint density at radius 2 is 0.547 bits per heavy atom. The second kappa shape index (κ2) is 52.4. The van der Waals surface area contributed by atoms with E-state index in [1.807, 2.05) is 0 Å². The van der Waals surface area contributed by atoms with E-state index in [2.05, 4.69) is 27.7 Å². The minimum Gasteiger partial charge on any atom is -0.462 e. The molecular formula is C58H112O6. The van der Waals surface area contributed by atoms with Gasteiger partial charge in [-0.15, -0.1) is 0 Å². The fourth-order valence-corrected chi connectivity index (χ4v) is 8.89. The Bertz CT molecular complexity index is 966. The molecule has 0 heterocycles. The topological polar surface area (TPSA) is 78.9 Å². The summed E-state index contributed by atoms with van der Waals surface area (Å²) in [5.74, 6) is 0.0578. The Kier molecular flexibility index (Phi) is 51.1. The predicted molar refractivity (Wildman–Crippen MR) is 275 cm³/mol. The van der Waals surface area contributed by atoms with Crippen LogP contribution in [0, 0.1) is 5.92 Å². The molecule has 0 fully saturated rings. The molecule has 0 aromatic carbocycles. The van der Waals surface area contributed by atoms with Crippen LogP contribution in [-0.2, 0) is 28.6 Å². The van der Waals surface area contributed by atoms with Gasteiger partial charge in [0.15, 0.2) is 6.10 Å². The number of ether oxygens (including phenoxy) is 3. The van der Waals surface area contributed by atoms with Crippen molar-refractivity contribution in [3.63, 3.8) is 0 Å². The molecule has 0 saturated carbocycles. The van der Waals surface area contributed by atoms with E-state index >= 15 is 0 Å². The van der Waals surface area contributed by atoms with E-state index in [4.69, 9.17) is 14.2 Å². The van der Waals surface area contributed by atoms with Gasteiger partial charge in [0.25, 0.3) is 0 Å². The van der Waals surface area contributed by atoms with Crippen LogP contribution in [-0.4, -0.2) is 37.2 Å². The molecule has 0 rings (SSSR count). The van der Waals surface area contributed by atoms with Gasteiger partial charge in [0, 0.05) is 19.3 Å². The van der Waals surface area contributed by atoms with Crippen molar-refractivity contribution in [2.24, 2.45) is 5.92 Å². The number of unbranched alkanes of at least 4 members (excludes halogenated alkanes) is 39. The molecule has 0 aliphatic carbocycles. The number of esters is 3. The molecule has 0 aromatic rings. The highest BCUT2D eigenvalue weighted by atomic mass is 16.6. The van der Waals surface area contributed by atoms with Gasteiger partial charge in [-0.1, -0.05) is 291 Å². The van der Waals surface area contributed by atoms with Crippen LogP contribution in [0.15, 0.2) is 0 Å². The second-order valence-electron chi connectivity index (χ2n) is 20.2. The highest BCUT2D eigenvalue weighted by Gasteiger charge is 2.19. The molecule has 0 aromatic heterocycles. The normalized spacial score (nSPS) is 12.4. The molecule has 64 heavy (non-hydrogen) atoms. The quantitative estimate of drug-likeness (QED) is 0.0344. The lowest BCUT2D eigenvalue weighted by Crippen LogP contribution is -2.30. The van der Waals surface area contributed by atoms with E-state index < -0.39 is 6.10 Å². The van der Waals surface area contributed by atoms with Crippen molar-refractivity contribution < 1.29 is 28.6 Å². The van der Waals surface area contributed by atoms with E-state index in [1.54, 1.807) is 0 Å². The van der Waals surface area contributed by atoms with Crippen molar-refractivity contribution in [3.8, 4) is 0 Å². The van der Waals surface area contributed by atoms with E-state index in [9.17, 15) is 14.4 Å². The van der Waals surface area contributed by atoms with Gasteiger partial charge in [0.2, 0.25) is 0 Å². The highest BCUT2D eigenvalue weighted by molar-refractivity contribution is 5.71. The van der Waals surface area contributed by atoms with Crippen molar-refractivity contribution >= 4 is 17.9 Å². The largest absolute Gasteiger partial charge is 0.462 e. The Morgan fingerprint density at radius 3 is 0.812 bits per heavy atom. The van der Waals surface area contributed by atoms with Gasteiger partial charge >= 0.3 is 17.9 Å². The molecule has 0 bridgehead atoms. The molecule has 0 N–H and O–H groups in total. The van der Waals surface area contributed by atoms with Crippen LogP contribution in [0.2, 0.25) is 0 Å². The number of rotatable bonds is 53. The van der Waals surface area contributed by atoms with Crippen molar-refractivity contribution in [2.75, 3.05) is 13.2 Å². The van der Waals surface area contributed by atoms with Crippen molar-refractivity contribution in [1.82, 2.24) is 0 Å². The monoisotopic (exact) mass is 905 g/mol. The van der Waals surface area contributed by atoms with Gasteiger partial charge in [0.05, 0.1) is 0 Å². The Hall–Kier alpha value is -1.59. The highest BCUT2D eigenvalue weighted by Crippen LogP contribution is 2.18. The maximum absolute atomic E-state index is 12.8. The number of carbonyl (C=O) groups excluding carboxylic acids is 3. The van der Waals surface area contributed by atoms with Gasteiger partial charge in [0.1, 0.15) is 13.2 Å². The first-order chi connectivity index (χ1) is 31.4. The number of hydrogen-bond donors (Lipinski definition) is 0. The maximum atomic E-state index is 12.8. The van der Waals surface area contributed by atoms with Crippen molar-refractivity contribution in [2.45, 2.75) is 336 Å². The molecule has 0 radical (unpaired) electrons. The standard InChI is InChI=1S/C58H112O6/c1-5-8-10-12-14-16-18-19-20-21-22-23-27-30-34-37-41-45-49-56(59)62-52-55(64-58(61)51-47-43-39-33-17-15-13-11-9-6-2)53-63-57(60)50-46-42-38-35-31-28-25-24-26-29-32-36-40-44-48-54(4)7-3/h54-55H,5-53H2,1-4H3/t54?,55-/m0/s1. The van der Waals surface area contributed by atoms with Gasteiger partial charge < -0.3 is 14.2 Å². The zero-order valence-corrected chi connectivity index (χ0v) is 43.8. The molecule has 2 atom stereocenters. The van der Waals surface area contributed by atoms with Crippen LogP contribution >= 0.6 is 0 Å². The molecule has 0 saturated heterocycles. The average molecular weight is 906 g/mol. The first kappa shape index (κ1) is 62.4. The van der Waals surface area contributed by atoms with Gasteiger partial charge in [-0.05, 0) is 25.2 Å². The lowest BCUT2D eigenvalue weighted by atomic mass is 9.99. The summed E-state index contributed by atoms with van der Waals surface area (Å²) in [5, 5.41) is 0. The third kappa shape index (κ3) is 49.8. The first-order valence-corrected chi connectivity index (χ1v) is 28.9. The first-order valence-electron chi connectivity index (χ1n) is 28.9. The summed E-state index contributed by atoms with van der Waals surface area (Å²) in [6.07, 6.45) is 56.6. The summed E-state index contributed by atoms with van der Waals surface area (Å²) >= 11 is 0. The molecule has 380 valence electrons. The van der Waals surface area contributed by atoms with Crippen LogP contribution in [0.25, 0.3) is 0 Å². The molecule has 1 unspecified atom stereocenters. The van der Waals surface area contributed by atoms with Gasteiger partial charge in [-0.25, -0.2) is 0 Å². The third-order valence-corrected chi connectivity index (χ3v) is 13.7. The second-order valence-corrected chi connectivity index (χ2v) is 20.2. The Balaban J connectivity index is 4.21. The lowest BCUT2D eigenvalue weighted by Gasteiger charge is -2.18. The fourth-order valence-electron chi connectivity index (χ4n) is 8.89. The van der Waals surface area contributed by atoms with Crippen molar-refractivity contribution in [1.29, 1.82) is 0 Å². The summed E-state index contributed by atoms with van der Waals surface area (Å²) in [5.41, 5.74) is 0. The molecule has 0 aliphatic rings. The van der Waals surface area contributed by atoms with Crippen LogP contribution in [0.1, 0.15) is 329 Å². The van der Waals surface area contributed by atoms with E-state index in [0.717, 1.165) is 63.7 Å². The molecule has 0 aliphatic heterocycles. The van der Waals surface area contributed by atoms with Gasteiger partial charge in [-0.2, -0.15) is 0 Å². The van der Waals surface area contributed by atoms with Crippen LogP contribution in [0.3, 0.4) is 0 Å². The van der Waals surface area contributed by atoms with Crippen LogP contribution in [0.4, 0.5) is 0 Å². The average Bonchev–Trinajstić information content (AvgIpc) is 3.29. The molecule has 6 heteroatoms. The minimum atomic E-state index is -0.761. The van der Waals surface area contributed by atoms with E-state index in [-0.39, 0.29) is 31.1 Å². The molecule has 6 nitrogen and oxygen atoms in total. The van der Waals surface area contributed by atoms with E-state index in [1.165, 1.54) is 225 Å². The minimum absolute atomic E-state index is 0.0621. The zero-order valence-electron chi connectivity index (χ0n) is 43.8. The maximum Gasteiger partial charge on any atom is 0.306 e. The zero-order chi connectivity index (χ0) is 46.7.